The Morgan fingerprint density at radius 2 is 1.88 bits per heavy atom. The summed E-state index contributed by atoms with van der Waals surface area (Å²) in [5.74, 6) is 0.892. The fraction of sp³-hybridized carbons (Fsp3) is 1.00. The fourth-order valence-electron chi connectivity index (χ4n) is 3.38. The predicted molar refractivity (Wildman–Crippen MR) is 74.3 cm³/mol. The van der Waals surface area contributed by atoms with Gasteiger partial charge in [0.25, 0.3) is 0 Å². The van der Waals surface area contributed by atoms with Crippen molar-refractivity contribution >= 4 is 0 Å². The van der Waals surface area contributed by atoms with Crippen molar-refractivity contribution in [1.82, 2.24) is 10.2 Å². The van der Waals surface area contributed by atoms with Crippen LogP contribution in [-0.2, 0) is 0 Å². The second-order valence-corrected chi connectivity index (χ2v) is 7.12. The summed E-state index contributed by atoms with van der Waals surface area (Å²) in [5, 5.41) is 3.82. The van der Waals surface area contributed by atoms with Gasteiger partial charge in [0.15, 0.2) is 0 Å². The molecule has 0 bridgehead atoms. The lowest BCUT2D eigenvalue weighted by molar-refractivity contribution is 0.178. The van der Waals surface area contributed by atoms with Crippen LogP contribution in [0.1, 0.15) is 52.4 Å². The van der Waals surface area contributed by atoms with Crippen LogP contribution in [-0.4, -0.2) is 37.6 Å². The third kappa shape index (κ3) is 4.26. The molecule has 100 valence electrons. The molecular formula is C15H30N2. The van der Waals surface area contributed by atoms with Gasteiger partial charge in [0, 0.05) is 12.6 Å². The molecule has 0 aromatic heterocycles. The number of piperidine rings is 1. The van der Waals surface area contributed by atoms with Crippen molar-refractivity contribution in [3.63, 3.8) is 0 Å². The number of likely N-dealkylation sites (tertiary alicyclic amines) is 1. The van der Waals surface area contributed by atoms with Crippen molar-refractivity contribution in [2.45, 2.75) is 58.4 Å². The third-order valence-corrected chi connectivity index (χ3v) is 4.76. The van der Waals surface area contributed by atoms with Gasteiger partial charge in [0.1, 0.15) is 0 Å². The van der Waals surface area contributed by atoms with Gasteiger partial charge < -0.3 is 10.2 Å². The van der Waals surface area contributed by atoms with E-state index in [1.54, 1.807) is 0 Å². The number of hydrogen-bond donors (Lipinski definition) is 1. The molecule has 1 aliphatic carbocycles. The molecule has 2 fully saturated rings. The maximum atomic E-state index is 3.82. The average Bonchev–Trinajstić information content (AvgIpc) is 2.28. The maximum absolute atomic E-state index is 3.82. The van der Waals surface area contributed by atoms with Gasteiger partial charge in [-0.3, -0.25) is 0 Å². The first kappa shape index (κ1) is 13.4. The quantitative estimate of drug-likeness (QED) is 0.813. The Hall–Kier alpha value is -0.0800. The zero-order valence-electron chi connectivity index (χ0n) is 12.0. The highest BCUT2D eigenvalue weighted by atomic mass is 15.1. The molecule has 1 atom stereocenters. The Kier molecular flexibility index (Phi) is 4.48. The summed E-state index contributed by atoms with van der Waals surface area (Å²) >= 11 is 0. The van der Waals surface area contributed by atoms with Crippen LogP contribution < -0.4 is 5.32 Å². The van der Waals surface area contributed by atoms with Crippen LogP contribution in [0.5, 0.6) is 0 Å². The SMILES string of the molecule is CN1CCCC(CNC2CCC(C)(C)CC2)C1. The zero-order chi connectivity index (χ0) is 12.3. The molecule has 0 aromatic carbocycles. The molecule has 2 heteroatoms. The first-order valence-electron chi connectivity index (χ1n) is 7.47. The van der Waals surface area contributed by atoms with Crippen molar-refractivity contribution in [1.29, 1.82) is 0 Å². The van der Waals surface area contributed by atoms with Crippen LogP contribution in [0.3, 0.4) is 0 Å². The van der Waals surface area contributed by atoms with Crippen molar-refractivity contribution in [2.75, 3.05) is 26.7 Å². The van der Waals surface area contributed by atoms with Gasteiger partial charge in [-0.1, -0.05) is 13.8 Å². The molecule has 17 heavy (non-hydrogen) atoms. The van der Waals surface area contributed by atoms with E-state index in [0.717, 1.165) is 12.0 Å². The van der Waals surface area contributed by atoms with Gasteiger partial charge in [-0.05, 0) is 70.0 Å². The van der Waals surface area contributed by atoms with E-state index >= 15 is 0 Å². The van der Waals surface area contributed by atoms with Crippen molar-refractivity contribution in [3.05, 3.63) is 0 Å². The molecule has 1 saturated carbocycles. The second-order valence-electron chi connectivity index (χ2n) is 7.12. The van der Waals surface area contributed by atoms with Gasteiger partial charge in [-0.15, -0.1) is 0 Å². The molecule has 1 unspecified atom stereocenters. The van der Waals surface area contributed by atoms with Gasteiger partial charge in [-0.2, -0.15) is 0 Å². The van der Waals surface area contributed by atoms with Crippen LogP contribution in [0.4, 0.5) is 0 Å². The molecule has 1 saturated heterocycles. The van der Waals surface area contributed by atoms with Gasteiger partial charge in [0.2, 0.25) is 0 Å². The summed E-state index contributed by atoms with van der Waals surface area (Å²) in [6, 6.07) is 0.801. The normalized spacial score (nSPS) is 31.6. The lowest BCUT2D eigenvalue weighted by atomic mass is 9.75. The molecular weight excluding hydrogens is 208 g/mol. The van der Waals surface area contributed by atoms with E-state index in [2.05, 4.69) is 31.1 Å². The van der Waals surface area contributed by atoms with E-state index in [0.29, 0.717) is 5.41 Å². The van der Waals surface area contributed by atoms with Crippen LogP contribution >= 0.6 is 0 Å². The molecule has 0 amide bonds. The largest absolute Gasteiger partial charge is 0.314 e. The zero-order valence-corrected chi connectivity index (χ0v) is 12.0. The average molecular weight is 238 g/mol. The Balaban J connectivity index is 1.65. The predicted octanol–water partition coefficient (Wildman–Crippen LogP) is 2.89. The molecule has 0 spiro atoms. The van der Waals surface area contributed by atoms with E-state index in [1.165, 1.54) is 58.2 Å². The molecule has 1 heterocycles. The van der Waals surface area contributed by atoms with Crippen LogP contribution in [0.15, 0.2) is 0 Å². The second kappa shape index (κ2) is 5.71. The summed E-state index contributed by atoms with van der Waals surface area (Å²) in [4.78, 5) is 2.49. The summed E-state index contributed by atoms with van der Waals surface area (Å²) in [6.07, 6.45) is 8.38. The van der Waals surface area contributed by atoms with Gasteiger partial charge in [-0.25, -0.2) is 0 Å². The molecule has 0 aromatic rings. The highest BCUT2D eigenvalue weighted by Crippen LogP contribution is 2.35. The number of rotatable bonds is 3. The van der Waals surface area contributed by atoms with E-state index < -0.39 is 0 Å². The number of nitrogens with zero attached hydrogens (tertiary/aromatic N) is 1. The van der Waals surface area contributed by atoms with Crippen molar-refractivity contribution in [2.24, 2.45) is 11.3 Å². The minimum Gasteiger partial charge on any atom is -0.314 e. The van der Waals surface area contributed by atoms with E-state index in [-0.39, 0.29) is 0 Å². The van der Waals surface area contributed by atoms with Gasteiger partial charge in [0.05, 0.1) is 0 Å². The highest BCUT2D eigenvalue weighted by molar-refractivity contribution is 4.83. The topological polar surface area (TPSA) is 15.3 Å². The number of nitrogens with one attached hydrogen (secondary N) is 1. The summed E-state index contributed by atoms with van der Waals surface area (Å²) < 4.78 is 0. The Bertz CT molecular complexity index is 227. The summed E-state index contributed by atoms with van der Waals surface area (Å²) in [7, 11) is 2.26. The monoisotopic (exact) mass is 238 g/mol. The molecule has 1 aliphatic heterocycles. The van der Waals surface area contributed by atoms with Crippen LogP contribution in [0.25, 0.3) is 0 Å². The minimum atomic E-state index is 0.600. The van der Waals surface area contributed by atoms with E-state index in [1.807, 2.05) is 0 Å². The molecule has 2 nitrogen and oxygen atoms in total. The molecule has 0 radical (unpaired) electrons. The molecule has 2 rings (SSSR count). The Morgan fingerprint density at radius 1 is 1.18 bits per heavy atom. The minimum absolute atomic E-state index is 0.600. The first-order chi connectivity index (χ1) is 8.05. The maximum Gasteiger partial charge on any atom is 0.00675 e. The fourth-order valence-corrected chi connectivity index (χ4v) is 3.38. The highest BCUT2D eigenvalue weighted by Gasteiger charge is 2.27. The lowest BCUT2D eigenvalue weighted by Gasteiger charge is -2.36. The molecule has 1 N–H and O–H groups in total. The van der Waals surface area contributed by atoms with Crippen molar-refractivity contribution < 1.29 is 0 Å². The van der Waals surface area contributed by atoms with Crippen LogP contribution in [0, 0.1) is 11.3 Å². The number of hydrogen-bond acceptors (Lipinski definition) is 2. The summed E-state index contributed by atoms with van der Waals surface area (Å²) in [6.45, 7) is 8.67. The lowest BCUT2D eigenvalue weighted by Crippen LogP contribution is -2.42. The van der Waals surface area contributed by atoms with Crippen LogP contribution in [0.2, 0.25) is 0 Å². The van der Waals surface area contributed by atoms with Crippen molar-refractivity contribution in [3.8, 4) is 0 Å². The molecule has 2 aliphatic rings. The Labute approximate surface area is 107 Å². The first-order valence-corrected chi connectivity index (χ1v) is 7.47. The third-order valence-electron chi connectivity index (χ3n) is 4.76. The smallest absolute Gasteiger partial charge is 0.00675 e. The Morgan fingerprint density at radius 3 is 2.53 bits per heavy atom. The van der Waals surface area contributed by atoms with E-state index in [9.17, 15) is 0 Å². The van der Waals surface area contributed by atoms with E-state index in [4.69, 9.17) is 0 Å². The van der Waals surface area contributed by atoms with Gasteiger partial charge >= 0.3 is 0 Å². The standard InChI is InChI=1S/C15H30N2/c1-15(2)8-6-14(7-9-15)16-11-13-5-4-10-17(3)12-13/h13-14,16H,4-12H2,1-3H3. The summed E-state index contributed by atoms with van der Waals surface area (Å²) in [5.41, 5.74) is 0.600.